The van der Waals surface area contributed by atoms with Crippen LogP contribution in [-0.2, 0) is 0 Å². The van der Waals surface area contributed by atoms with E-state index in [1.54, 1.807) is 18.3 Å². The molecule has 0 saturated heterocycles. The molecule has 0 saturated carbocycles. The molecule has 1 heterocycles. The Morgan fingerprint density at radius 1 is 0.933 bits per heavy atom. The Morgan fingerprint density at radius 3 is 2.67 bits per heavy atom. The minimum absolute atomic E-state index is 0.0330. The third-order valence-corrected chi connectivity index (χ3v) is 4.83. The van der Waals surface area contributed by atoms with Crippen LogP contribution in [-0.4, -0.2) is 16.1 Å². The first-order valence-corrected chi connectivity index (χ1v) is 9.35. The molecule has 4 aromatic carbocycles. The molecule has 0 radical (unpaired) electrons. The van der Waals surface area contributed by atoms with E-state index in [0.717, 1.165) is 16.3 Å². The van der Waals surface area contributed by atoms with Gasteiger partial charge in [0.15, 0.2) is 5.58 Å². The van der Waals surface area contributed by atoms with Crippen molar-refractivity contribution in [2.45, 2.75) is 0 Å². The fraction of sp³-hybridized carbons (Fsp3) is 0. The van der Waals surface area contributed by atoms with Crippen LogP contribution in [0.25, 0.3) is 33.3 Å². The van der Waals surface area contributed by atoms with Gasteiger partial charge in [-0.05, 0) is 40.6 Å². The molecular weight excluding hydrogens is 378 g/mol. The molecule has 0 aliphatic heterocycles. The van der Waals surface area contributed by atoms with Crippen LogP contribution in [0, 0.1) is 10.1 Å². The molecule has 0 amide bonds. The highest BCUT2D eigenvalue weighted by Crippen LogP contribution is 2.31. The highest BCUT2D eigenvalue weighted by atomic mass is 16.6. The Kier molecular flexibility index (Phi) is 4.29. The number of nitro benzene ring substituents is 1. The molecule has 0 fully saturated rings. The molecule has 6 heteroatoms. The molecule has 0 N–H and O–H groups in total. The van der Waals surface area contributed by atoms with Gasteiger partial charge >= 0.3 is 0 Å². The van der Waals surface area contributed by atoms with Gasteiger partial charge in [-0.3, -0.25) is 15.1 Å². The van der Waals surface area contributed by atoms with E-state index in [1.165, 1.54) is 12.1 Å². The minimum atomic E-state index is -0.423. The van der Waals surface area contributed by atoms with Crippen molar-refractivity contribution in [1.82, 2.24) is 4.98 Å². The first-order valence-electron chi connectivity index (χ1n) is 9.35. The Morgan fingerprint density at radius 2 is 1.77 bits per heavy atom. The van der Waals surface area contributed by atoms with Crippen molar-refractivity contribution in [3.05, 3.63) is 101 Å². The second kappa shape index (κ2) is 7.25. The third kappa shape index (κ3) is 3.31. The lowest BCUT2D eigenvalue weighted by Gasteiger charge is -2.01. The van der Waals surface area contributed by atoms with Gasteiger partial charge in [-0.15, -0.1) is 0 Å². The summed E-state index contributed by atoms with van der Waals surface area (Å²) < 4.78 is 5.98. The highest BCUT2D eigenvalue weighted by Gasteiger charge is 2.11. The number of nitrogens with zero attached hydrogens (tertiary/aromatic N) is 3. The van der Waals surface area contributed by atoms with Crippen molar-refractivity contribution in [2.75, 3.05) is 0 Å². The summed E-state index contributed by atoms with van der Waals surface area (Å²) in [4.78, 5) is 19.6. The summed E-state index contributed by atoms with van der Waals surface area (Å²) in [5.74, 6) is 0.557. The van der Waals surface area contributed by atoms with E-state index in [0.29, 0.717) is 28.2 Å². The zero-order valence-electron chi connectivity index (χ0n) is 15.7. The number of hydrogen-bond donors (Lipinski definition) is 0. The normalized spacial score (nSPS) is 11.5. The van der Waals surface area contributed by atoms with Crippen LogP contribution >= 0.6 is 0 Å². The van der Waals surface area contributed by atoms with Crippen LogP contribution in [0.15, 0.2) is 94.3 Å². The number of non-ortho nitro benzene ring substituents is 1. The fourth-order valence-electron chi connectivity index (χ4n) is 3.39. The lowest BCUT2D eigenvalue weighted by Crippen LogP contribution is -1.89. The second-order valence-electron chi connectivity index (χ2n) is 6.81. The zero-order chi connectivity index (χ0) is 20.5. The number of hydrogen-bond acceptors (Lipinski definition) is 5. The maximum absolute atomic E-state index is 10.9. The summed E-state index contributed by atoms with van der Waals surface area (Å²) in [6, 6.07) is 26.0. The largest absolute Gasteiger partial charge is 0.436 e. The van der Waals surface area contributed by atoms with Crippen molar-refractivity contribution in [3.8, 4) is 11.5 Å². The number of oxazole rings is 1. The summed E-state index contributed by atoms with van der Waals surface area (Å²) >= 11 is 0. The Labute approximate surface area is 171 Å². The van der Waals surface area contributed by atoms with Crippen molar-refractivity contribution < 1.29 is 9.34 Å². The number of benzene rings is 4. The number of rotatable bonds is 4. The molecule has 0 aliphatic carbocycles. The number of nitro groups is 1. The van der Waals surface area contributed by atoms with E-state index in [9.17, 15) is 10.1 Å². The smallest absolute Gasteiger partial charge is 0.270 e. The van der Waals surface area contributed by atoms with Crippen molar-refractivity contribution in [3.63, 3.8) is 0 Å². The molecule has 0 bridgehead atoms. The molecular formula is C24H15N3O3. The van der Waals surface area contributed by atoms with E-state index in [2.05, 4.69) is 22.1 Å². The third-order valence-electron chi connectivity index (χ3n) is 4.83. The first-order chi connectivity index (χ1) is 14.7. The predicted molar refractivity (Wildman–Crippen MR) is 117 cm³/mol. The maximum Gasteiger partial charge on any atom is 0.270 e. The molecule has 0 atom stereocenters. The Bertz CT molecular complexity index is 1430. The topological polar surface area (TPSA) is 81.5 Å². The summed E-state index contributed by atoms with van der Waals surface area (Å²) in [6.45, 7) is 0. The van der Waals surface area contributed by atoms with Gasteiger partial charge in [-0.1, -0.05) is 48.5 Å². The summed E-state index contributed by atoms with van der Waals surface area (Å²) in [5, 5.41) is 13.1. The van der Waals surface area contributed by atoms with Crippen LogP contribution in [0.3, 0.4) is 0 Å². The van der Waals surface area contributed by atoms with Gasteiger partial charge in [-0.25, -0.2) is 4.98 Å². The molecule has 30 heavy (non-hydrogen) atoms. The van der Waals surface area contributed by atoms with Gasteiger partial charge in [0.2, 0.25) is 5.89 Å². The van der Waals surface area contributed by atoms with Crippen molar-refractivity contribution in [1.29, 1.82) is 0 Å². The molecule has 5 aromatic rings. The second-order valence-corrected chi connectivity index (χ2v) is 6.81. The maximum atomic E-state index is 10.9. The van der Waals surface area contributed by atoms with Crippen molar-refractivity contribution in [2.24, 2.45) is 4.99 Å². The summed E-state index contributed by atoms with van der Waals surface area (Å²) in [6.07, 6.45) is 1.60. The monoisotopic (exact) mass is 393 g/mol. The standard InChI is InChI=1S/C24H15N3O3/c28-27(29)19-8-3-5-16(13-19)15-25-18-11-12-23-22(14-18)26-24(30-23)21-10-4-7-17-6-1-2-9-20(17)21/h1-15H/b25-15+. The van der Waals surface area contributed by atoms with Gasteiger partial charge in [0.1, 0.15) is 5.52 Å². The lowest BCUT2D eigenvalue weighted by molar-refractivity contribution is -0.384. The predicted octanol–water partition coefficient (Wildman–Crippen LogP) is 6.31. The van der Waals surface area contributed by atoms with Gasteiger partial charge in [0, 0.05) is 23.9 Å². The summed E-state index contributed by atoms with van der Waals surface area (Å²) in [5.41, 5.74) is 3.68. The average molecular weight is 393 g/mol. The van der Waals surface area contributed by atoms with Gasteiger partial charge in [-0.2, -0.15) is 0 Å². The molecule has 6 nitrogen and oxygen atoms in total. The molecule has 144 valence electrons. The van der Waals surface area contributed by atoms with Crippen LogP contribution in [0.2, 0.25) is 0 Å². The lowest BCUT2D eigenvalue weighted by atomic mass is 10.0. The van der Waals surface area contributed by atoms with Gasteiger partial charge < -0.3 is 4.42 Å². The van der Waals surface area contributed by atoms with Crippen LogP contribution in [0.5, 0.6) is 0 Å². The summed E-state index contributed by atoms with van der Waals surface area (Å²) in [7, 11) is 0. The van der Waals surface area contributed by atoms with Crippen molar-refractivity contribution >= 4 is 39.5 Å². The number of fused-ring (bicyclic) bond motifs is 2. The van der Waals surface area contributed by atoms with E-state index >= 15 is 0 Å². The molecule has 0 unspecified atom stereocenters. The Balaban J connectivity index is 1.50. The van der Waals surface area contributed by atoms with Crippen LogP contribution < -0.4 is 0 Å². The minimum Gasteiger partial charge on any atom is -0.436 e. The average Bonchev–Trinajstić information content (AvgIpc) is 3.20. The van der Waals surface area contributed by atoms with Crippen LogP contribution in [0.4, 0.5) is 11.4 Å². The SMILES string of the molecule is O=[N+]([O-])c1cccc(/C=N/c2ccc3oc(-c4cccc5ccccc45)nc3c2)c1. The van der Waals surface area contributed by atoms with E-state index in [-0.39, 0.29) is 5.69 Å². The Hall–Kier alpha value is -4.32. The van der Waals surface area contributed by atoms with E-state index in [1.807, 2.05) is 48.5 Å². The van der Waals surface area contributed by atoms with Gasteiger partial charge in [0.05, 0.1) is 10.6 Å². The van der Waals surface area contributed by atoms with E-state index < -0.39 is 4.92 Å². The fourth-order valence-corrected chi connectivity index (χ4v) is 3.39. The quantitative estimate of drug-likeness (QED) is 0.204. The molecule has 1 aromatic heterocycles. The molecule has 5 rings (SSSR count). The van der Waals surface area contributed by atoms with Crippen LogP contribution in [0.1, 0.15) is 5.56 Å². The molecule has 0 spiro atoms. The first kappa shape index (κ1) is 17.8. The zero-order valence-corrected chi connectivity index (χ0v) is 15.7. The van der Waals surface area contributed by atoms with E-state index in [4.69, 9.17) is 4.42 Å². The van der Waals surface area contributed by atoms with Gasteiger partial charge in [0.25, 0.3) is 5.69 Å². The number of aromatic nitrogens is 1. The number of aliphatic imine (C=N–C) groups is 1. The highest BCUT2D eigenvalue weighted by molar-refractivity contribution is 5.96. The molecule has 0 aliphatic rings.